The van der Waals surface area contributed by atoms with Crippen molar-refractivity contribution in [3.05, 3.63) is 65.2 Å². The van der Waals surface area contributed by atoms with E-state index >= 15 is 0 Å². The van der Waals surface area contributed by atoms with Gasteiger partial charge in [0, 0.05) is 5.69 Å². The Labute approximate surface area is 160 Å². The maximum absolute atomic E-state index is 5.69. The lowest BCUT2D eigenvalue weighted by molar-refractivity contribution is -0.199. The van der Waals surface area contributed by atoms with E-state index in [9.17, 15) is 0 Å². The molecule has 0 aliphatic rings. The highest BCUT2D eigenvalue weighted by atomic mass is 17.2. The Kier molecular flexibility index (Phi) is 8.19. The lowest BCUT2D eigenvalue weighted by atomic mass is 10.1. The van der Waals surface area contributed by atoms with Crippen molar-refractivity contribution in [1.82, 2.24) is 0 Å². The van der Waals surface area contributed by atoms with Gasteiger partial charge in [0.05, 0.1) is 6.21 Å². The van der Waals surface area contributed by atoms with E-state index in [4.69, 9.17) is 14.5 Å². The molecule has 0 aliphatic heterocycles. The molecule has 27 heavy (non-hydrogen) atoms. The average Bonchev–Trinajstić information content (AvgIpc) is 2.66. The molecule has 6 nitrogen and oxygen atoms in total. The average molecular weight is 370 g/mol. The third-order valence-electron chi connectivity index (χ3n) is 3.74. The quantitative estimate of drug-likeness (QED) is 0.165. The van der Waals surface area contributed by atoms with Crippen LogP contribution >= 0.6 is 0 Å². The van der Waals surface area contributed by atoms with Crippen LogP contribution in [-0.4, -0.2) is 26.7 Å². The van der Waals surface area contributed by atoms with Crippen molar-refractivity contribution in [2.24, 2.45) is 5.16 Å². The molecule has 1 N–H and O–H groups in total. The van der Waals surface area contributed by atoms with E-state index in [1.807, 2.05) is 57.2 Å². The third-order valence-corrected chi connectivity index (χ3v) is 3.74. The lowest BCUT2D eigenvalue weighted by Crippen LogP contribution is -2.11. The molecule has 0 fully saturated rings. The summed E-state index contributed by atoms with van der Waals surface area (Å²) in [6.07, 6.45) is 5.55. The van der Waals surface area contributed by atoms with Crippen LogP contribution in [0.2, 0.25) is 0 Å². The summed E-state index contributed by atoms with van der Waals surface area (Å²) < 4.78 is 5.69. The highest BCUT2D eigenvalue weighted by Crippen LogP contribution is 2.26. The summed E-state index contributed by atoms with van der Waals surface area (Å²) >= 11 is 0. The summed E-state index contributed by atoms with van der Waals surface area (Å²) in [7, 11) is 1.50. The van der Waals surface area contributed by atoms with Crippen LogP contribution in [0, 0.1) is 13.8 Å². The van der Waals surface area contributed by atoms with E-state index in [0.717, 1.165) is 28.1 Å². The van der Waals surface area contributed by atoms with Crippen LogP contribution in [0.5, 0.6) is 11.5 Å². The Morgan fingerprint density at radius 1 is 1.04 bits per heavy atom. The Hall–Kier alpha value is -2.99. The van der Waals surface area contributed by atoms with Gasteiger partial charge < -0.3 is 19.8 Å². The van der Waals surface area contributed by atoms with Crippen LogP contribution < -0.4 is 14.9 Å². The van der Waals surface area contributed by atoms with Crippen LogP contribution in [0.4, 0.5) is 5.69 Å². The van der Waals surface area contributed by atoms with Crippen LogP contribution in [0.15, 0.2) is 53.7 Å². The molecule has 0 spiro atoms. The van der Waals surface area contributed by atoms with Crippen molar-refractivity contribution in [2.45, 2.75) is 20.8 Å². The third kappa shape index (κ3) is 6.67. The van der Waals surface area contributed by atoms with Gasteiger partial charge in [-0.3, -0.25) is 0 Å². The molecule has 2 aromatic carbocycles. The fourth-order valence-corrected chi connectivity index (χ4v) is 2.45. The topological polar surface area (TPSA) is 61.3 Å². The number of hydrogen-bond acceptors (Lipinski definition) is 6. The molecule has 0 atom stereocenters. The van der Waals surface area contributed by atoms with Crippen LogP contribution in [0.1, 0.15) is 23.6 Å². The van der Waals surface area contributed by atoms with Crippen LogP contribution in [0.3, 0.4) is 0 Å². The number of anilines is 1. The second-order valence-electron chi connectivity index (χ2n) is 5.82. The lowest BCUT2D eigenvalue weighted by Gasteiger charge is -2.15. The minimum atomic E-state index is 0.216. The molecule has 0 bridgehead atoms. The molecule has 0 saturated carbocycles. The van der Waals surface area contributed by atoms with Gasteiger partial charge in [-0.2, -0.15) is 4.89 Å². The molecule has 0 amide bonds. The van der Waals surface area contributed by atoms with E-state index in [1.165, 1.54) is 7.11 Å². The van der Waals surface area contributed by atoms with E-state index in [2.05, 4.69) is 15.3 Å². The number of allylic oxidation sites excluding steroid dienone is 1. The Bertz CT molecular complexity index is 747. The van der Waals surface area contributed by atoms with Crippen molar-refractivity contribution >= 4 is 11.9 Å². The number of benzene rings is 2. The zero-order valence-electron chi connectivity index (χ0n) is 16.2. The maximum Gasteiger partial charge on any atom is 0.165 e. The molecule has 0 aliphatic carbocycles. The number of rotatable bonds is 10. The number of ether oxygens (including phenoxy) is 1. The molecular weight excluding hydrogens is 344 g/mol. The zero-order chi connectivity index (χ0) is 19.5. The molecule has 144 valence electrons. The number of nitrogens with zero attached hydrogens (tertiary/aromatic N) is 1. The second kappa shape index (κ2) is 10.9. The van der Waals surface area contributed by atoms with Crippen molar-refractivity contribution in [3.8, 4) is 11.5 Å². The highest BCUT2D eigenvalue weighted by molar-refractivity contribution is 5.79. The first kappa shape index (κ1) is 20.3. The smallest absolute Gasteiger partial charge is 0.165 e. The zero-order valence-corrected chi connectivity index (χ0v) is 16.2. The van der Waals surface area contributed by atoms with Gasteiger partial charge in [0.1, 0.15) is 19.5 Å². The van der Waals surface area contributed by atoms with Crippen molar-refractivity contribution in [2.75, 3.05) is 25.8 Å². The molecule has 2 rings (SSSR count). The first-order chi connectivity index (χ1) is 13.1. The number of aryl methyl sites for hydroxylation is 2. The summed E-state index contributed by atoms with van der Waals surface area (Å²) in [5.41, 5.74) is 4.07. The van der Waals surface area contributed by atoms with Crippen molar-refractivity contribution in [1.29, 1.82) is 0 Å². The van der Waals surface area contributed by atoms with Crippen molar-refractivity contribution in [3.63, 3.8) is 0 Å². The van der Waals surface area contributed by atoms with Crippen LogP contribution in [-0.2, 0) is 9.73 Å². The summed E-state index contributed by atoms with van der Waals surface area (Å²) in [5.74, 6) is 1.45. The fraction of sp³-hybridized carbons (Fsp3) is 0.286. The summed E-state index contributed by atoms with van der Waals surface area (Å²) in [4.78, 5) is 15.2. The summed E-state index contributed by atoms with van der Waals surface area (Å²) in [6, 6.07) is 11.3. The van der Waals surface area contributed by atoms with Gasteiger partial charge >= 0.3 is 0 Å². The number of hydrogen-bond donors (Lipinski definition) is 1. The van der Waals surface area contributed by atoms with Crippen molar-refractivity contribution < 1.29 is 19.3 Å². The van der Waals surface area contributed by atoms with Gasteiger partial charge in [-0.15, -0.1) is 0 Å². The normalized spacial score (nSPS) is 11.1. The minimum Gasteiger partial charge on any atom is -0.490 e. The van der Waals surface area contributed by atoms with Gasteiger partial charge in [-0.1, -0.05) is 17.3 Å². The highest BCUT2D eigenvalue weighted by Gasteiger charge is 2.06. The van der Waals surface area contributed by atoms with E-state index in [-0.39, 0.29) is 6.73 Å². The summed E-state index contributed by atoms with van der Waals surface area (Å²) in [6.45, 7) is 6.81. The number of nitrogens with one attached hydrogen (secondary N) is 1. The van der Waals surface area contributed by atoms with E-state index in [0.29, 0.717) is 12.4 Å². The molecule has 0 radical (unpaired) electrons. The molecule has 0 heterocycles. The standard InChI is InChI=1S/C21H26N2O4/c1-5-6-11-25-20-12-16(2)21(17(3)13-20)22-15-26-27-19-9-7-18(8-10-19)14-23-24-4/h5-10,12-14,22H,11,15H2,1-4H3/b6-5+,23-14+. The predicted molar refractivity (Wildman–Crippen MR) is 107 cm³/mol. The molecule has 0 unspecified atom stereocenters. The predicted octanol–water partition coefficient (Wildman–Crippen LogP) is 4.62. The molecular formula is C21H26N2O4. The Morgan fingerprint density at radius 3 is 2.37 bits per heavy atom. The Balaban J connectivity index is 1.83. The second-order valence-corrected chi connectivity index (χ2v) is 5.82. The Morgan fingerprint density at radius 2 is 1.74 bits per heavy atom. The van der Waals surface area contributed by atoms with Gasteiger partial charge in [-0.25, -0.2) is 0 Å². The van der Waals surface area contributed by atoms with E-state index < -0.39 is 0 Å². The van der Waals surface area contributed by atoms with Gasteiger partial charge in [0.15, 0.2) is 12.5 Å². The number of oxime groups is 1. The first-order valence-electron chi connectivity index (χ1n) is 8.69. The molecule has 2 aromatic rings. The minimum absolute atomic E-state index is 0.216. The maximum atomic E-state index is 5.69. The van der Waals surface area contributed by atoms with Gasteiger partial charge in [0.25, 0.3) is 0 Å². The van der Waals surface area contributed by atoms with E-state index in [1.54, 1.807) is 18.3 Å². The molecule has 0 aromatic heterocycles. The molecule has 6 heteroatoms. The monoisotopic (exact) mass is 370 g/mol. The largest absolute Gasteiger partial charge is 0.490 e. The SMILES string of the molecule is C/C=C/COc1cc(C)c(NCOOc2ccc(/C=N/OC)cc2)c(C)c1. The van der Waals surface area contributed by atoms with Gasteiger partial charge in [-0.05, 0) is 73.9 Å². The van der Waals surface area contributed by atoms with Crippen LogP contribution in [0.25, 0.3) is 0 Å². The van der Waals surface area contributed by atoms with Gasteiger partial charge in [0.2, 0.25) is 0 Å². The molecule has 0 saturated heterocycles. The first-order valence-corrected chi connectivity index (χ1v) is 8.69. The summed E-state index contributed by atoms with van der Waals surface area (Å²) in [5, 5.41) is 6.94. The fourth-order valence-electron chi connectivity index (χ4n) is 2.45.